The summed E-state index contributed by atoms with van der Waals surface area (Å²) in [6, 6.07) is 30.1. The molecule has 0 heterocycles. The van der Waals surface area contributed by atoms with Crippen LogP contribution in [0.3, 0.4) is 0 Å². The van der Waals surface area contributed by atoms with Gasteiger partial charge < -0.3 is 28.4 Å². The van der Waals surface area contributed by atoms with E-state index in [-0.39, 0.29) is 39.3 Å². The van der Waals surface area contributed by atoms with Crippen LogP contribution in [0.5, 0.6) is 11.5 Å². The van der Waals surface area contributed by atoms with Crippen molar-refractivity contribution in [2.75, 3.05) is 26.4 Å². The molecule has 0 aliphatic carbocycles. The summed E-state index contributed by atoms with van der Waals surface area (Å²) >= 11 is 0. The zero-order chi connectivity index (χ0) is 38.0. The maximum absolute atomic E-state index is 12.8. The smallest absolute Gasteiger partial charge is 0.330 e. The van der Waals surface area contributed by atoms with Crippen molar-refractivity contribution in [2.24, 2.45) is 0 Å². The van der Waals surface area contributed by atoms with Crippen molar-refractivity contribution in [2.45, 2.75) is 45.3 Å². The molecule has 4 rings (SSSR count). The third kappa shape index (κ3) is 14.5. The lowest BCUT2D eigenvalue weighted by molar-refractivity contribution is -0.158. The molecule has 0 radical (unpaired) electrons. The Bertz CT molecular complexity index is 1680. The molecule has 0 aliphatic heterocycles. The lowest BCUT2D eigenvalue weighted by Gasteiger charge is -2.18. The third-order valence-electron chi connectivity index (χ3n) is 7.82. The van der Waals surface area contributed by atoms with Crippen LogP contribution in [0.1, 0.15) is 33.4 Å². The van der Waals surface area contributed by atoms with Gasteiger partial charge in [-0.25, -0.2) is 9.59 Å². The van der Waals surface area contributed by atoms with E-state index in [0.29, 0.717) is 17.9 Å². The molecular formula is C43H44O10. The fraction of sp³-hybridized carbons (Fsp3) is 0.256. The number of carbonyl (C=O) groups excluding carboxylic acids is 4. The quantitative estimate of drug-likeness (QED) is 0.0574. The lowest BCUT2D eigenvalue weighted by atomic mass is 10.0. The minimum absolute atomic E-state index is 0.00930. The van der Waals surface area contributed by atoms with Crippen LogP contribution >= 0.6 is 0 Å². The molecular weight excluding hydrogens is 676 g/mol. The van der Waals surface area contributed by atoms with Gasteiger partial charge in [-0.15, -0.1) is 0 Å². The Kier molecular flexibility index (Phi) is 15.4. The van der Waals surface area contributed by atoms with Gasteiger partial charge in [0.1, 0.15) is 37.9 Å². The van der Waals surface area contributed by atoms with Crippen molar-refractivity contribution >= 4 is 23.9 Å². The lowest BCUT2D eigenvalue weighted by Crippen LogP contribution is -2.31. The molecule has 4 aromatic rings. The highest BCUT2D eigenvalue weighted by Crippen LogP contribution is 2.16. The largest absolute Gasteiger partial charge is 0.490 e. The highest BCUT2D eigenvalue weighted by Gasteiger charge is 2.20. The van der Waals surface area contributed by atoms with E-state index in [0.717, 1.165) is 45.5 Å². The topological polar surface area (TPSA) is 124 Å². The number of aryl methyl sites for hydroxylation is 2. The van der Waals surface area contributed by atoms with Gasteiger partial charge in [-0.05, 0) is 66.8 Å². The normalized spacial score (nSPS) is 11.7. The predicted octanol–water partition coefficient (Wildman–Crippen LogP) is 6.42. The summed E-state index contributed by atoms with van der Waals surface area (Å²) < 4.78 is 32.9. The van der Waals surface area contributed by atoms with E-state index in [2.05, 4.69) is 13.2 Å². The van der Waals surface area contributed by atoms with Crippen LogP contribution in [0.2, 0.25) is 0 Å². The van der Waals surface area contributed by atoms with Gasteiger partial charge >= 0.3 is 23.9 Å². The first-order chi connectivity index (χ1) is 25.6. The Morgan fingerprint density at radius 1 is 0.509 bits per heavy atom. The molecule has 0 saturated heterocycles. The number of ether oxygens (including phenoxy) is 6. The molecule has 0 fully saturated rings. The molecule has 0 saturated carbocycles. The van der Waals surface area contributed by atoms with E-state index in [1.165, 1.54) is 0 Å². The van der Waals surface area contributed by atoms with Gasteiger partial charge in [0.25, 0.3) is 0 Å². The summed E-state index contributed by atoms with van der Waals surface area (Å²) in [6.45, 7) is 10.4. The van der Waals surface area contributed by atoms with E-state index in [4.69, 9.17) is 28.4 Å². The minimum atomic E-state index is -0.807. The SMILES string of the molecule is C=CC(=O)OCC(COc1ccc(C)cc1)OC(=O)Cc1ccc(Cc2ccc(CC(=O)OC(COC(=O)C=C)COc3ccc(C)cc3)cc2)cc1. The molecule has 2 atom stereocenters. The van der Waals surface area contributed by atoms with Gasteiger partial charge in [-0.2, -0.15) is 0 Å². The fourth-order valence-electron chi connectivity index (χ4n) is 4.92. The van der Waals surface area contributed by atoms with Gasteiger partial charge in [0.2, 0.25) is 0 Å². The second kappa shape index (κ2) is 20.6. The summed E-state index contributed by atoms with van der Waals surface area (Å²) in [6.07, 6.45) is 1.16. The molecule has 53 heavy (non-hydrogen) atoms. The molecule has 10 heteroatoms. The van der Waals surface area contributed by atoms with E-state index in [9.17, 15) is 19.2 Å². The van der Waals surface area contributed by atoms with E-state index in [1.54, 1.807) is 0 Å². The van der Waals surface area contributed by atoms with Crippen molar-refractivity contribution in [3.8, 4) is 11.5 Å². The molecule has 10 nitrogen and oxygen atoms in total. The fourth-order valence-corrected chi connectivity index (χ4v) is 4.92. The zero-order valence-electron chi connectivity index (χ0n) is 30.0. The van der Waals surface area contributed by atoms with Crippen molar-refractivity contribution in [3.05, 3.63) is 156 Å². The predicted molar refractivity (Wildman–Crippen MR) is 199 cm³/mol. The van der Waals surface area contributed by atoms with Gasteiger partial charge in [0.05, 0.1) is 12.8 Å². The number of benzene rings is 4. The molecule has 0 amide bonds. The first-order valence-electron chi connectivity index (χ1n) is 17.1. The first kappa shape index (κ1) is 39.6. The molecule has 0 spiro atoms. The van der Waals surface area contributed by atoms with Gasteiger partial charge in [0.15, 0.2) is 12.2 Å². The van der Waals surface area contributed by atoms with Crippen LogP contribution in [-0.2, 0) is 57.4 Å². The Morgan fingerprint density at radius 3 is 1.19 bits per heavy atom. The zero-order valence-corrected chi connectivity index (χ0v) is 30.0. The van der Waals surface area contributed by atoms with Crippen molar-refractivity contribution < 1.29 is 47.6 Å². The number of carbonyl (C=O) groups is 4. The van der Waals surface area contributed by atoms with E-state index >= 15 is 0 Å². The molecule has 276 valence electrons. The van der Waals surface area contributed by atoms with Crippen LogP contribution in [-0.4, -0.2) is 62.5 Å². The van der Waals surface area contributed by atoms with Crippen LogP contribution < -0.4 is 9.47 Å². The summed E-state index contributed by atoms with van der Waals surface area (Å²) in [4.78, 5) is 48.8. The van der Waals surface area contributed by atoms with Crippen molar-refractivity contribution in [3.63, 3.8) is 0 Å². The van der Waals surface area contributed by atoms with Crippen molar-refractivity contribution in [1.82, 2.24) is 0 Å². The third-order valence-corrected chi connectivity index (χ3v) is 7.82. The number of esters is 4. The molecule has 4 aromatic carbocycles. The Labute approximate surface area is 309 Å². The second-order valence-electron chi connectivity index (χ2n) is 12.3. The average Bonchev–Trinajstić information content (AvgIpc) is 3.16. The summed E-state index contributed by atoms with van der Waals surface area (Å²) in [5, 5.41) is 0. The van der Waals surface area contributed by atoms with Crippen LogP contribution in [0.25, 0.3) is 0 Å². The van der Waals surface area contributed by atoms with Crippen LogP contribution in [0.4, 0.5) is 0 Å². The molecule has 0 aliphatic rings. The number of rotatable bonds is 20. The standard InChI is InChI=1S/C43H44O10/c1-5-40(44)50-28-38(26-48-36-19-7-30(3)8-20-36)52-42(46)24-34-15-11-32(12-16-34)23-33-13-17-35(18-14-33)25-43(47)53-39(29-51-41(45)6-2)27-49-37-21-9-31(4)10-22-37/h5-22,38-39H,1-2,23-29H2,3-4H3. The van der Waals surface area contributed by atoms with Gasteiger partial charge in [-0.3, -0.25) is 9.59 Å². The summed E-state index contributed by atoms with van der Waals surface area (Å²) in [5.41, 5.74) is 5.74. The van der Waals surface area contributed by atoms with Gasteiger partial charge in [-0.1, -0.05) is 97.1 Å². The Balaban J connectivity index is 1.25. The summed E-state index contributed by atoms with van der Waals surface area (Å²) in [5.74, 6) is -1.00. The van der Waals surface area contributed by atoms with Crippen LogP contribution in [0.15, 0.2) is 122 Å². The maximum atomic E-state index is 12.8. The Hall–Kier alpha value is -6.16. The van der Waals surface area contributed by atoms with E-state index < -0.39 is 36.1 Å². The summed E-state index contributed by atoms with van der Waals surface area (Å²) in [7, 11) is 0. The van der Waals surface area contributed by atoms with Crippen molar-refractivity contribution in [1.29, 1.82) is 0 Å². The highest BCUT2D eigenvalue weighted by molar-refractivity contribution is 5.81. The average molecular weight is 721 g/mol. The monoisotopic (exact) mass is 720 g/mol. The molecule has 0 aromatic heterocycles. The first-order valence-corrected chi connectivity index (χ1v) is 17.1. The van der Waals surface area contributed by atoms with Crippen LogP contribution in [0, 0.1) is 13.8 Å². The second-order valence-corrected chi connectivity index (χ2v) is 12.3. The molecule has 2 unspecified atom stereocenters. The van der Waals surface area contributed by atoms with Gasteiger partial charge in [0, 0.05) is 12.2 Å². The molecule has 0 N–H and O–H groups in total. The number of hydrogen-bond acceptors (Lipinski definition) is 10. The molecule has 0 bridgehead atoms. The number of hydrogen-bond donors (Lipinski definition) is 0. The van der Waals surface area contributed by atoms with E-state index in [1.807, 2.05) is 111 Å². The highest BCUT2D eigenvalue weighted by atomic mass is 16.6. The maximum Gasteiger partial charge on any atom is 0.330 e. The minimum Gasteiger partial charge on any atom is -0.490 e. The Morgan fingerprint density at radius 2 is 0.849 bits per heavy atom.